The quantitative estimate of drug-likeness (QED) is 0.210. The third-order valence-electron chi connectivity index (χ3n) is 9.23. The molecule has 10 aromatic rings. The van der Waals surface area contributed by atoms with Crippen molar-refractivity contribution in [1.82, 2.24) is 0 Å². The first-order valence-corrected chi connectivity index (χ1v) is 15.0. The van der Waals surface area contributed by atoms with Crippen LogP contribution in [-0.2, 0) is 0 Å². The maximum Gasteiger partial charge on any atom is 0.136 e. The summed E-state index contributed by atoms with van der Waals surface area (Å²) in [5.41, 5.74) is 8.26. The Hall–Kier alpha value is -5.86. The van der Waals surface area contributed by atoms with E-state index in [0.717, 1.165) is 55.0 Å². The van der Waals surface area contributed by atoms with Crippen molar-refractivity contribution in [2.24, 2.45) is 0 Å². The van der Waals surface area contributed by atoms with E-state index >= 15 is 0 Å². The van der Waals surface area contributed by atoms with Gasteiger partial charge in [0.05, 0.1) is 0 Å². The van der Waals surface area contributed by atoms with Crippen LogP contribution in [-0.4, -0.2) is 0 Å². The standard InChI is InChI=1S/C42H24O2/c1-3-7-27-21-29(11-9-25(27)5-1)31-13-15-35-39(23-31)43-37-19-17-34-33(41(35)37)18-20-38-42(34)36-16-14-32(24-40(36)44-38)30-12-10-26-6-2-4-8-28(26)22-30/h1-24H. The fourth-order valence-corrected chi connectivity index (χ4v) is 7.05. The molecule has 2 heteroatoms. The molecule has 0 amide bonds. The molecule has 0 aliphatic heterocycles. The lowest BCUT2D eigenvalue weighted by atomic mass is 9.97. The largest absolute Gasteiger partial charge is 0.456 e. The van der Waals surface area contributed by atoms with Crippen LogP contribution in [0.1, 0.15) is 0 Å². The number of rotatable bonds is 2. The SMILES string of the molecule is c1ccc2cc(-c3ccc4c(c3)oc3ccc5c(ccc6oc7cc(-c8ccc9ccccc9c8)ccc7c65)c34)ccc2c1. The molecular formula is C42H24O2. The highest BCUT2D eigenvalue weighted by Crippen LogP contribution is 2.42. The molecule has 0 saturated heterocycles. The normalized spacial score (nSPS) is 12.1. The second-order valence-electron chi connectivity index (χ2n) is 11.7. The van der Waals surface area contributed by atoms with Gasteiger partial charge in [0, 0.05) is 21.5 Å². The van der Waals surface area contributed by atoms with Crippen LogP contribution in [0.25, 0.3) is 98.4 Å². The van der Waals surface area contributed by atoms with E-state index in [1.54, 1.807) is 0 Å². The Kier molecular flexibility index (Phi) is 4.75. The van der Waals surface area contributed by atoms with Gasteiger partial charge in [0.25, 0.3) is 0 Å². The van der Waals surface area contributed by atoms with E-state index in [9.17, 15) is 0 Å². The van der Waals surface area contributed by atoms with Gasteiger partial charge in [-0.2, -0.15) is 0 Å². The first kappa shape index (κ1) is 23.7. The Morgan fingerprint density at radius 2 is 0.659 bits per heavy atom. The topological polar surface area (TPSA) is 26.3 Å². The van der Waals surface area contributed by atoms with Gasteiger partial charge in [0.1, 0.15) is 22.3 Å². The molecule has 0 fully saturated rings. The van der Waals surface area contributed by atoms with Crippen molar-refractivity contribution in [1.29, 1.82) is 0 Å². The summed E-state index contributed by atoms with van der Waals surface area (Å²) in [5.74, 6) is 0. The molecule has 2 heterocycles. The average molecular weight is 561 g/mol. The minimum Gasteiger partial charge on any atom is -0.456 e. The minimum atomic E-state index is 0.897. The van der Waals surface area contributed by atoms with Gasteiger partial charge in [-0.15, -0.1) is 0 Å². The van der Waals surface area contributed by atoms with Crippen molar-refractivity contribution in [3.63, 3.8) is 0 Å². The fraction of sp³-hybridized carbons (Fsp3) is 0. The Balaban J connectivity index is 1.13. The fourth-order valence-electron chi connectivity index (χ4n) is 7.05. The molecule has 10 rings (SSSR count). The Morgan fingerprint density at radius 3 is 1.14 bits per heavy atom. The summed E-state index contributed by atoms with van der Waals surface area (Å²) in [6.45, 7) is 0. The summed E-state index contributed by atoms with van der Waals surface area (Å²) in [6.07, 6.45) is 0. The van der Waals surface area contributed by atoms with Crippen LogP contribution < -0.4 is 0 Å². The van der Waals surface area contributed by atoms with Crippen LogP contribution >= 0.6 is 0 Å². The molecule has 0 aliphatic carbocycles. The van der Waals surface area contributed by atoms with Crippen LogP contribution in [0.4, 0.5) is 0 Å². The lowest BCUT2D eigenvalue weighted by molar-refractivity contribution is 0.668. The van der Waals surface area contributed by atoms with E-state index in [-0.39, 0.29) is 0 Å². The predicted octanol–water partition coefficient (Wildman–Crippen LogP) is 12.3. The second-order valence-corrected chi connectivity index (χ2v) is 11.7. The van der Waals surface area contributed by atoms with Crippen LogP contribution in [0.2, 0.25) is 0 Å². The van der Waals surface area contributed by atoms with Gasteiger partial charge in [0.2, 0.25) is 0 Å². The number of hydrogen-bond acceptors (Lipinski definition) is 2. The number of benzene rings is 8. The zero-order valence-corrected chi connectivity index (χ0v) is 23.7. The maximum atomic E-state index is 6.46. The number of hydrogen-bond donors (Lipinski definition) is 0. The van der Waals surface area contributed by atoms with Gasteiger partial charge in [-0.25, -0.2) is 0 Å². The number of fused-ring (bicyclic) bond motifs is 11. The average Bonchev–Trinajstić information content (AvgIpc) is 3.65. The van der Waals surface area contributed by atoms with Gasteiger partial charge < -0.3 is 8.83 Å². The van der Waals surface area contributed by atoms with Crippen LogP contribution in [0.15, 0.2) is 154 Å². The van der Waals surface area contributed by atoms with Gasteiger partial charge in [-0.05, 0) is 115 Å². The van der Waals surface area contributed by atoms with E-state index in [1.165, 1.54) is 43.4 Å². The summed E-state index contributed by atoms with van der Waals surface area (Å²) in [6, 6.07) is 52.0. The predicted molar refractivity (Wildman–Crippen MR) is 184 cm³/mol. The van der Waals surface area contributed by atoms with Crippen molar-refractivity contribution in [2.45, 2.75) is 0 Å². The highest BCUT2D eigenvalue weighted by Gasteiger charge is 2.17. The molecular weight excluding hydrogens is 536 g/mol. The van der Waals surface area contributed by atoms with Crippen LogP contribution in [0, 0.1) is 0 Å². The van der Waals surface area contributed by atoms with Crippen LogP contribution in [0.5, 0.6) is 0 Å². The molecule has 44 heavy (non-hydrogen) atoms. The van der Waals surface area contributed by atoms with E-state index in [1.807, 2.05) is 0 Å². The first-order valence-electron chi connectivity index (χ1n) is 15.0. The second kappa shape index (κ2) is 8.82. The molecule has 0 unspecified atom stereocenters. The van der Waals surface area contributed by atoms with E-state index in [4.69, 9.17) is 8.83 Å². The molecule has 0 N–H and O–H groups in total. The number of furan rings is 2. The molecule has 0 radical (unpaired) electrons. The molecule has 204 valence electrons. The van der Waals surface area contributed by atoms with Crippen molar-refractivity contribution >= 4 is 76.2 Å². The van der Waals surface area contributed by atoms with Gasteiger partial charge in [0.15, 0.2) is 0 Å². The Bertz CT molecular complexity index is 2580. The van der Waals surface area contributed by atoms with Gasteiger partial charge >= 0.3 is 0 Å². The van der Waals surface area contributed by atoms with Crippen molar-refractivity contribution in [2.75, 3.05) is 0 Å². The van der Waals surface area contributed by atoms with Gasteiger partial charge in [-0.1, -0.05) is 84.9 Å². The third kappa shape index (κ3) is 3.43. The Labute approximate surface area is 252 Å². The van der Waals surface area contributed by atoms with E-state index in [0.29, 0.717) is 0 Å². The lowest BCUT2D eigenvalue weighted by Gasteiger charge is -2.05. The molecule has 2 aromatic heterocycles. The summed E-state index contributed by atoms with van der Waals surface area (Å²) < 4.78 is 12.9. The zero-order chi connectivity index (χ0) is 28.8. The Morgan fingerprint density at radius 1 is 0.273 bits per heavy atom. The zero-order valence-electron chi connectivity index (χ0n) is 23.7. The molecule has 0 aliphatic rings. The molecule has 8 aromatic carbocycles. The molecule has 0 atom stereocenters. The first-order chi connectivity index (χ1) is 21.8. The van der Waals surface area contributed by atoms with Crippen molar-refractivity contribution in [3.05, 3.63) is 146 Å². The minimum absolute atomic E-state index is 0.897. The summed E-state index contributed by atoms with van der Waals surface area (Å²) in [7, 11) is 0. The van der Waals surface area contributed by atoms with Crippen LogP contribution in [0.3, 0.4) is 0 Å². The summed E-state index contributed by atoms with van der Waals surface area (Å²) in [5, 5.41) is 11.9. The summed E-state index contributed by atoms with van der Waals surface area (Å²) >= 11 is 0. The van der Waals surface area contributed by atoms with E-state index in [2.05, 4.69) is 146 Å². The molecule has 0 bridgehead atoms. The highest BCUT2D eigenvalue weighted by atomic mass is 16.3. The molecule has 0 saturated carbocycles. The highest BCUT2D eigenvalue weighted by molar-refractivity contribution is 6.27. The monoisotopic (exact) mass is 560 g/mol. The third-order valence-corrected chi connectivity index (χ3v) is 9.23. The van der Waals surface area contributed by atoms with Gasteiger partial charge in [-0.3, -0.25) is 0 Å². The smallest absolute Gasteiger partial charge is 0.136 e. The van der Waals surface area contributed by atoms with Crippen molar-refractivity contribution < 1.29 is 8.83 Å². The molecule has 0 spiro atoms. The molecule has 2 nitrogen and oxygen atoms in total. The lowest BCUT2D eigenvalue weighted by Crippen LogP contribution is -1.80. The summed E-state index contributed by atoms with van der Waals surface area (Å²) in [4.78, 5) is 0. The van der Waals surface area contributed by atoms with Crippen molar-refractivity contribution in [3.8, 4) is 22.3 Å². The van der Waals surface area contributed by atoms with E-state index < -0.39 is 0 Å². The maximum absolute atomic E-state index is 6.46.